The number of benzene rings is 3. The summed E-state index contributed by atoms with van der Waals surface area (Å²) in [6, 6.07) is 16.1. The number of fused-ring (bicyclic) bond motifs is 1. The van der Waals surface area contributed by atoms with Gasteiger partial charge in [-0.2, -0.15) is 0 Å². The predicted molar refractivity (Wildman–Crippen MR) is 118 cm³/mol. The van der Waals surface area contributed by atoms with Gasteiger partial charge in [0.2, 0.25) is 0 Å². The first-order valence-corrected chi connectivity index (χ1v) is 10.5. The fourth-order valence-corrected chi connectivity index (χ4v) is 3.57. The SMILES string of the molecule is CCCCCCOc1ccc(C(=O)Oc2c(C=O)ccc3ccccc23)cc1Br. The Morgan fingerprint density at radius 1 is 1.03 bits per heavy atom. The van der Waals surface area contributed by atoms with E-state index >= 15 is 0 Å². The average molecular weight is 455 g/mol. The Kier molecular flexibility index (Phi) is 7.42. The number of carbonyl (C=O) groups is 2. The summed E-state index contributed by atoms with van der Waals surface area (Å²) in [6.45, 7) is 2.81. The lowest BCUT2D eigenvalue weighted by Crippen LogP contribution is -2.10. The van der Waals surface area contributed by atoms with Crippen LogP contribution < -0.4 is 9.47 Å². The Morgan fingerprint density at radius 2 is 1.86 bits per heavy atom. The molecule has 3 rings (SSSR count). The number of unbranched alkanes of at least 4 members (excludes halogenated alkanes) is 3. The molecule has 0 fully saturated rings. The Balaban J connectivity index is 1.75. The number of carbonyl (C=O) groups excluding carboxylic acids is 2. The third kappa shape index (κ3) is 5.24. The molecule has 4 nitrogen and oxygen atoms in total. The molecule has 0 saturated heterocycles. The molecule has 150 valence electrons. The van der Waals surface area contributed by atoms with E-state index in [-0.39, 0.29) is 5.75 Å². The predicted octanol–water partition coefficient (Wildman–Crippen LogP) is 6.59. The molecule has 3 aromatic carbocycles. The van der Waals surface area contributed by atoms with Crippen molar-refractivity contribution in [3.63, 3.8) is 0 Å². The lowest BCUT2D eigenvalue weighted by molar-refractivity contribution is 0.0736. The van der Waals surface area contributed by atoms with E-state index in [0.29, 0.717) is 34.2 Å². The molecule has 0 radical (unpaired) electrons. The largest absolute Gasteiger partial charge is 0.492 e. The molecule has 0 atom stereocenters. The van der Waals surface area contributed by atoms with Crippen LogP contribution in [-0.2, 0) is 0 Å². The quantitative estimate of drug-likeness (QED) is 0.158. The molecule has 0 aliphatic heterocycles. The normalized spacial score (nSPS) is 10.7. The zero-order chi connectivity index (χ0) is 20.6. The summed E-state index contributed by atoms with van der Waals surface area (Å²) in [7, 11) is 0. The van der Waals surface area contributed by atoms with Crippen LogP contribution in [0.2, 0.25) is 0 Å². The summed E-state index contributed by atoms with van der Waals surface area (Å²) < 4.78 is 12.1. The van der Waals surface area contributed by atoms with Crippen molar-refractivity contribution in [2.45, 2.75) is 32.6 Å². The maximum absolute atomic E-state index is 12.7. The van der Waals surface area contributed by atoms with Crippen molar-refractivity contribution in [1.29, 1.82) is 0 Å². The van der Waals surface area contributed by atoms with Crippen molar-refractivity contribution < 1.29 is 19.1 Å². The molecule has 0 aliphatic carbocycles. The molecule has 0 aromatic heterocycles. The molecule has 5 heteroatoms. The van der Waals surface area contributed by atoms with Gasteiger partial charge in [0.25, 0.3) is 0 Å². The van der Waals surface area contributed by atoms with Crippen LogP contribution in [0.5, 0.6) is 11.5 Å². The standard InChI is InChI=1S/C24H23BrO4/c1-2-3-4-7-14-28-22-13-12-18(15-21(22)25)24(27)29-23-19(16-26)11-10-17-8-5-6-9-20(17)23/h5-6,8-13,15-16H,2-4,7,14H2,1H3. The average Bonchev–Trinajstić information content (AvgIpc) is 2.74. The van der Waals surface area contributed by atoms with E-state index in [1.165, 1.54) is 12.8 Å². The maximum Gasteiger partial charge on any atom is 0.343 e. The Hall–Kier alpha value is -2.66. The maximum atomic E-state index is 12.7. The second-order valence-corrected chi connectivity index (χ2v) is 7.62. The smallest absolute Gasteiger partial charge is 0.343 e. The van der Waals surface area contributed by atoms with Crippen molar-refractivity contribution in [3.05, 3.63) is 70.2 Å². The summed E-state index contributed by atoms with van der Waals surface area (Å²) in [5, 5.41) is 1.62. The minimum Gasteiger partial charge on any atom is -0.492 e. The molecular formula is C24H23BrO4. The van der Waals surface area contributed by atoms with Gasteiger partial charge in [-0.3, -0.25) is 4.79 Å². The van der Waals surface area contributed by atoms with Gasteiger partial charge in [-0.15, -0.1) is 0 Å². The highest BCUT2D eigenvalue weighted by atomic mass is 79.9. The van der Waals surface area contributed by atoms with Crippen LogP contribution in [0.25, 0.3) is 10.8 Å². The summed E-state index contributed by atoms with van der Waals surface area (Å²) in [5.41, 5.74) is 0.711. The molecular weight excluding hydrogens is 432 g/mol. The van der Waals surface area contributed by atoms with E-state index in [1.807, 2.05) is 30.3 Å². The third-order valence-electron chi connectivity index (χ3n) is 4.65. The number of aldehydes is 1. The van der Waals surface area contributed by atoms with E-state index in [0.717, 1.165) is 23.6 Å². The molecule has 0 heterocycles. The summed E-state index contributed by atoms with van der Waals surface area (Å²) >= 11 is 3.46. The molecule has 0 spiro atoms. The summed E-state index contributed by atoms with van der Waals surface area (Å²) in [6.07, 6.45) is 5.22. The number of esters is 1. The van der Waals surface area contributed by atoms with Gasteiger partial charge < -0.3 is 9.47 Å². The Morgan fingerprint density at radius 3 is 2.62 bits per heavy atom. The Labute approximate surface area is 179 Å². The van der Waals surface area contributed by atoms with Crippen molar-refractivity contribution in [2.75, 3.05) is 6.61 Å². The number of halogens is 1. The second-order valence-electron chi connectivity index (χ2n) is 6.77. The minimum absolute atomic E-state index is 0.274. The van der Waals surface area contributed by atoms with Crippen molar-refractivity contribution >= 4 is 39.0 Å². The van der Waals surface area contributed by atoms with Crippen LogP contribution in [0.15, 0.2) is 59.1 Å². The first kappa shape index (κ1) is 21.1. The van der Waals surface area contributed by atoms with Crippen molar-refractivity contribution in [2.24, 2.45) is 0 Å². The topological polar surface area (TPSA) is 52.6 Å². The number of rotatable bonds is 9. The molecule has 0 unspecified atom stereocenters. The van der Waals surface area contributed by atoms with E-state index in [9.17, 15) is 9.59 Å². The van der Waals surface area contributed by atoms with E-state index in [1.54, 1.807) is 24.3 Å². The van der Waals surface area contributed by atoms with Gasteiger partial charge in [-0.1, -0.05) is 56.5 Å². The van der Waals surface area contributed by atoms with Crippen LogP contribution in [0, 0.1) is 0 Å². The van der Waals surface area contributed by atoms with Gasteiger partial charge in [0.05, 0.1) is 22.2 Å². The lowest BCUT2D eigenvalue weighted by Gasteiger charge is -2.12. The zero-order valence-corrected chi connectivity index (χ0v) is 17.9. The molecule has 29 heavy (non-hydrogen) atoms. The molecule has 0 N–H and O–H groups in total. The van der Waals surface area contributed by atoms with Gasteiger partial charge in [-0.05, 0) is 52.0 Å². The van der Waals surface area contributed by atoms with Crippen molar-refractivity contribution in [3.8, 4) is 11.5 Å². The molecule has 0 amide bonds. The highest BCUT2D eigenvalue weighted by molar-refractivity contribution is 9.10. The number of hydrogen-bond acceptors (Lipinski definition) is 4. The third-order valence-corrected chi connectivity index (χ3v) is 5.27. The van der Waals surface area contributed by atoms with Crippen LogP contribution in [0.4, 0.5) is 0 Å². The van der Waals surface area contributed by atoms with Gasteiger partial charge in [-0.25, -0.2) is 4.79 Å². The van der Waals surface area contributed by atoms with Gasteiger partial charge in [0.15, 0.2) is 6.29 Å². The number of hydrogen-bond donors (Lipinski definition) is 0. The van der Waals surface area contributed by atoms with Crippen LogP contribution >= 0.6 is 15.9 Å². The first-order chi connectivity index (χ1) is 14.1. The highest BCUT2D eigenvalue weighted by Crippen LogP contribution is 2.31. The minimum atomic E-state index is -0.528. The lowest BCUT2D eigenvalue weighted by atomic mass is 10.1. The monoisotopic (exact) mass is 454 g/mol. The zero-order valence-electron chi connectivity index (χ0n) is 16.3. The molecule has 3 aromatic rings. The Bertz CT molecular complexity index is 1010. The fourth-order valence-electron chi connectivity index (χ4n) is 3.07. The van der Waals surface area contributed by atoms with Gasteiger partial charge in [0, 0.05) is 5.39 Å². The van der Waals surface area contributed by atoms with Gasteiger partial charge >= 0.3 is 5.97 Å². The van der Waals surface area contributed by atoms with Crippen LogP contribution in [0.1, 0.15) is 53.3 Å². The molecule has 0 saturated carbocycles. The molecule has 0 aliphatic rings. The number of ether oxygens (including phenoxy) is 2. The molecule has 0 bridgehead atoms. The van der Waals surface area contributed by atoms with E-state index in [4.69, 9.17) is 9.47 Å². The fraction of sp³-hybridized carbons (Fsp3) is 0.250. The van der Waals surface area contributed by atoms with E-state index in [2.05, 4.69) is 22.9 Å². The highest BCUT2D eigenvalue weighted by Gasteiger charge is 2.16. The van der Waals surface area contributed by atoms with E-state index < -0.39 is 5.97 Å². The first-order valence-electron chi connectivity index (χ1n) is 9.75. The summed E-state index contributed by atoms with van der Waals surface area (Å²) in [5.74, 6) is 0.437. The van der Waals surface area contributed by atoms with Crippen LogP contribution in [0.3, 0.4) is 0 Å². The van der Waals surface area contributed by atoms with Crippen LogP contribution in [-0.4, -0.2) is 18.9 Å². The summed E-state index contributed by atoms with van der Waals surface area (Å²) in [4.78, 5) is 24.2. The second kappa shape index (κ2) is 10.2. The van der Waals surface area contributed by atoms with Gasteiger partial charge in [0.1, 0.15) is 11.5 Å². The van der Waals surface area contributed by atoms with Crippen molar-refractivity contribution in [1.82, 2.24) is 0 Å².